The number of aliphatic hydroxyl groups is 2. The van der Waals surface area contributed by atoms with Gasteiger partial charge in [0.1, 0.15) is 42.4 Å². The lowest BCUT2D eigenvalue weighted by Crippen LogP contribution is -2.68. The van der Waals surface area contributed by atoms with E-state index in [9.17, 15) is 34.2 Å². The summed E-state index contributed by atoms with van der Waals surface area (Å²) >= 11 is 0. The Morgan fingerprint density at radius 2 is 1.69 bits per heavy atom. The summed E-state index contributed by atoms with van der Waals surface area (Å²) in [7, 11) is 4.74. The third-order valence-corrected chi connectivity index (χ3v) is 11.4. The van der Waals surface area contributed by atoms with Crippen molar-refractivity contribution in [1.29, 1.82) is 0 Å². The summed E-state index contributed by atoms with van der Waals surface area (Å²) in [5.74, 6) is -3.47. The minimum Gasteiger partial charge on any atom is -0.462 e. The summed E-state index contributed by atoms with van der Waals surface area (Å²) in [6.45, 7) is 13.3. The van der Waals surface area contributed by atoms with Gasteiger partial charge in [-0.1, -0.05) is 39.0 Å². The lowest BCUT2D eigenvalue weighted by molar-refractivity contribution is -0.388. The number of hydrogen-bond acceptors (Lipinski definition) is 17. The number of aliphatic hydroxyl groups excluding tert-OH is 1. The standard InChI is InChI=1S/C44H71NO16/c1-12-17-35(49)59-41-29(6)56-37(25-43(41,8)52)61-44(45(9)10)24-28(5)55-42(40(44)51)60-38-31(20-21-46)22-26(3)32(58-34(48)13-2)19-16-14-15-18-27(4)54-36(50)23-33(39(38)53-11)57-30(7)47/h14-16,19,21,26-29,31-33,37-42,51-52H,12-13,17-18,20,22-25H2,1-11H3/b15-14+,19-16+/t26-,27-,28-,29+,31+,32+,33-,37+,38+,39+,40+,41+,42+,43-,44-/m1/s1. The Morgan fingerprint density at radius 3 is 2.28 bits per heavy atom. The van der Waals surface area contributed by atoms with Gasteiger partial charge in [0.2, 0.25) is 0 Å². The van der Waals surface area contributed by atoms with Crippen molar-refractivity contribution in [2.75, 3.05) is 21.2 Å². The predicted molar refractivity (Wildman–Crippen MR) is 219 cm³/mol. The van der Waals surface area contributed by atoms with Crippen molar-refractivity contribution < 1.29 is 76.8 Å². The number of rotatable bonds is 14. The molecule has 348 valence electrons. The molecule has 15 atom stereocenters. The Hall–Kier alpha value is -3.29. The number of hydrogen-bond donors (Lipinski definition) is 2. The second-order valence-electron chi connectivity index (χ2n) is 17.0. The van der Waals surface area contributed by atoms with Gasteiger partial charge in [-0.2, -0.15) is 0 Å². The average molecular weight is 870 g/mol. The molecule has 0 saturated carbocycles. The largest absolute Gasteiger partial charge is 0.462 e. The fourth-order valence-electron chi connectivity index (χ4n) is 8.35. The number of allylic oxidation sites excluding steroid dienone is 2. The third-order valence-electron chi connectivity index (χ3n) is 11.4. The highest BCUT2D eigenvalue weighted by molar-refractivity contribution is 5.72. The molecule has 0 radical (unpaired) electrons. The zero-order chi connectivity index (χ0) is 45.7. The molecule has 2 fully saturated rings. The molecule has 0 unspecified atom stereocenters. The van der Waals surface area contributed by atoms with Crippen molar-refractivity contribution in [3.8, 4) is 0 Å². The third kappa shape index (κ3) is 14.6. The molecular formula is C44H71NO16. The van der Waals surface area contributed by atoms with Crippen LogP contribution in [0.5, 0.6) is 0 Å². The first-order valence-corrected chi connectivity index (χ1v) is 21.5. The van der Waals surface area contributed by atoms with Gasteiger partial charge in [-0.05, 0) is 72.5 Å². The highest BCUT2D eigenvalue weighted by Crippen LogP contribution is 2.42. The Kier molecular flexibility index (Phi) is 20.4. The van der Waals surface area contributed by atoms with Crippen LogP contribution in [0.2, 0.25) is 0 Å². The van der Waals surface area contributed by atoms with Gasteiger partial charge in [-0.25, -0.2) is 0 Å². The summed E-state index contributed by atoms with van der Waals surface area (Å²) < 4.78 is 54.9. The van der Waals surface area contributed by atoms with Crippen LogP contribution in [0, 0.1) is 11.8 Å². The van der Waals surface area contributed by atoms with E-state index in [0.29, 0.717) is 19.1 Å². The topological polar surface area (TPSA) is 212 Å². The van der Waals surface area contributed by atoms with Crippen molar-refractivity contribution in [2.24, 2.45) is 11.8 Å². The van der Waals surface area contributed by atoms with E-state index in [-0.39, 0.29) is 38.5 Å². The maximum atomic E-state index is 13.4. The molecule has 2 N–H and O–H groups in total. The second-order valence-corrected chi connectivity index (χ2v) is 17.0. The molecule has 0 amide bonds. The van der Waals surface area contributed by atoms with Crippen LogP contribution in [0.1, 0.15) is 113 Å². The molecule has 3 aliphatic heterocycles. The normalized spacial score (nSPS) is 39.0. The molecule has 17 heteroatoms. The summed E-state index contributed by atoms with van der Waals surface area (Å²) in [5, 5.41) is 24.0. The lowest BCUT2D eigenvalue weighted by atomic mass is 9.82. The number of methoxy groups -OCH3 is 1. The zero-order valence-corrected chi connectivity index (χ0v) is 37.8. The van der Waals surface area contributed by atoms with E-state index in [4.69, 9.17) is 42.6 Å². The van der Waals surface area contributed by atoms with Gasteiger partial charge >= 0.3 is 23.9 Å². The molecule has 0 aromatic heterocycles. The van der Waals surface area contributed by atoms with Crippen LogP contribution in [-0.4, -0.2) is 145 Å². The van der Waals surface area contributed by atoms with Crippen LogP contribution in [-0.2, 0) is 66.6 Å². The van der Waals surface area contributed by atoms with Gasteiger partial charge in [0.15, 0.2) is 24.4 Å². The SMILES string of the molecule is CCCC(=O)O[C@H]1[C@H](C)O[C@@H](O[C@]2(N(C)C)C[C@@H](C)O[C@@H](O[C@H]3[C@@H](CC=O)C[C@@H](C)[C@@H](OC(=O)CC)/C=C/C=C/C[C@@H](C)OC(=O)C[C@@H](OC(C)=O)[C@@H]3OC)[C@@H]2O)C[C@@]1(C)O. The van der Waals surface area contributed by atoms with Gasteiger partial charge in [0.25, 0.3) is 0 Å². The first-order valence-electron chi connectivity index (χ1n) is 21.5. The van der Waals surface area contributed by atoms with Crippen molar-refractivity contribution in [3.63, 3.8) is 0 Å². The molecule has 0 aromatic rings. The zero-order valence-electron chi connectivity index (χ0n) is 37.8. The van der Waals surface area contributed by atoms with Gasteiger partial charge in [0.05, 0.1) is 24.7 Å². The van der Waals surface area contributed by atoms with E-state index in [2.05, 4.69) is 0 Å². The molecule has 0 bridgehead atoms. The van der Waals surface area contributed by atoms with E-state index in [1.54, 1.807) is 64.9 Å². The van der Waals surface area contributed by atoms with E-state index in [0.717, 1.165) is 0 Å². The number of cyclic esters (lactones) is 1. The van der Waals surface area contributed by atoms with Gasteiger partial charge in [-0.15, -0.1) is 0 Å². The van der Waals surface area contributed by atoms with Crippen LogP contribution in [0.25, 0.3) is 0 Å². The Morgan fingerprint density at radius 1 is 0.984 bits per heavy atom. The van der Waals surface area contributed by atoms with E-state index in [1.165, 1.54) is 21.0 Å². The Balaban J connectivity index is 2.12. The van der Waals surface area contributed by atoms with Gasteiger partial charge in [0, 0.05) is 52.6 Å². The highest BCUT2D eigenvalue weighted by Gasteiger charge is 2.57. The van der Waals surface area contributed by atoms with Crippen LogP contribution >= 0.6 is 0 Å². The van der Waals surface area contributed by atoms with Gasteiger partial charge < -0.3 is 57.6 Å². The van der Waals surface area contributed by atoms with Crippen molar-refractivity contribution >= 4 is 30.2 Å². The van der Waals surface area contributed by atoms with Crippen molar-refractivity contribution in [3.05, 3.63) is 24.3 Å². The molecule has 3 aliphatic rings. The summed E-state index contributed by atoms with van der Waals surface area (Å²) in [5.41, 5.74) is -3.14. The molecule has 3 heterocycles. The molecule has 17 nitrogen and oxygen atoms in total. The molecule has 2 saturated heterocycles. The van der Waals surface area contributed by atoms with Crippen LogP contribution < -0.4 is 0 Å². The van der Waals surface area contributed by atoms with Crippen LogP contribution in [0.3, 0.4) is 0 Å². The molecule has 0 aliphatic carbocycles. The Labute approximate surface area is 360 Å². The monoisotopic (exact) mass is 869 g/mol. The van der Waals surface area contributed by atoms with E-state index >= 15 is 0 Å². The van der Waals surface area contributed by atoms with Crippen molar-refractivity contribution in [1.82, 2.24) is 4.90 Å². The molecule has 0 spiro atoms. The fourth-order valence-corrected chi connectivity index (χ4v) is 8.35. The number of carbonyl (C=O) groups is 5. The van der Waals surface area contributed by atoms with E-state index in [1.807, 2.05) is 19.9 Å². The van der Waals surface area contributed by atoms with Crippen LogP contribution in [0.4, 0.5) is 0 Å². The fraction of sp³-hybridized carbons (Fsp3) is 0.795. The second kappa shape index (κ2) is 24.0. The number of carbonyl (C=O) groups excluding carboxylic acids is 5. The maximum Gasteiger partial charge on any atom is 0.309 e. The Bertz CT molecular complexity index is 1500. The minimum absolute atomic E-state index is 0.102. The molecule has 61 heavy (non-hydrogen) atoms. The number of ether oxygens (including phenoxy) is 9. The summed E-state index contributed by atoms with van der Waals surface area (Å²) in [4.78, 5) is 65.2. The van der Waals surface area contributed by atoms with Crippen LogP contribution in [0.15, 0.2) is 24.3 Å². The predicted octanol–water partition coefficient (Wildman–Crippen LogP) is 4.08. The summed E-state index contributed by atoms with van der Waals surface area (Å²) in [6.07, 6.45) is -3.01. The van der Waals surface area contributed by atoms with Crippen molar-refractivity contribution in [2.45, 2.75) is 192 Å². The number of aldehydes is 1. The smallest absolute Gasteiger partial charge is 0.309 e. The van der Waals surface area contributed by atoms with Gasteiger partial charge in [-0.3, -0.25) is 24.1 Å². The highest BCUT2D eigenvalue weighted by atomic mass is 16.7. The lowest BCUT2D eigenvalue weighted by Gasteiger charge is -2.54. The number of esters is 4. The number of nitrogens with zero attached hydrogens (tertiary/aromatic N) is 1. The minimum atomic E-state index is -1.60. The first-order chi connectivity index (χ1) is 28.7. The molecular weight excluding hydrogens is 798 g/mol. The molecule has 0 aromatic carbocycles. The maximum absolute atomic E-state index is 13.4. The summed E-state index contributed by atoms with van der Waals surface area (Å²) in [6, 6.07) is 0. The quantitative estimate of drug-likeness (QED) is 0.109. The molecule has 3 rings (SSSR count). The number of likely N-dealkylation sites (N-methyl/N-ethyl adjacent to an activating group) is 1. The average Bonchev–Trinajstić information content (AvgIpc) is 3.16. The first kappa shape index (κ1) is 52.1. The van der Waals surface area contributed by atoms with E-state index < -0.39 is 121 Å².